The molecular weight excluding hydrogens is 218 g/mol. The standard InChI is InChI=1S/C13H21NOS/c1-4-12-7-8-13(16-12)11(3)14-9-6-10-15-5-2/h5,7-8,11,14H,2,4,6,9-10H2,1,3H3. The molecule has 0 saturated heterocycles. The van der Waals surface area contributed by atoms with Crippen LogP contribution in [0.15, 0.2) is 25.0 Å². The molecule has 1 unspecified atom stereocenters. The van der Waals surface area contributed by atoms with E-state index in [2.05, 4.69) is 37.9 Å². The van der Waals surface area contributed by atoms with Crippen LogP contribution in [-0.4, -0.2) is 13.2 Å². The SMILES string of the molecule is C=COCCCNC(C)c1ccc(CC)s1. The van der Waals surface area contributed by atoms with Crippen molar-refractivity contribution in [1.29, 1.82) is 0 Å². The predicted octanol–water partition coefficient (Wildman–Crippen LogP) is 3.51. The summed E-state index contributed by atoms with van der Waals surface area (Å²) in [6.45, 7) is 9.64. The number of nitrogens with one attached hydrogen (secondary N) is 1. The van der Waals surface area contributed by atoms with Crippen LogP contribution < -0.4 is 5.32 Å². The Kier molecular flexibility index (Phi) is 6.19. The molecule has 0 amide bonds. The van der Waals surface area contributed by atoms with Crippen LogP contribution in [0, 0.1) is 0 Å². The molecule has 0 fully saturated rings. The van der Waals surface area contributed by atoms with Crippen LogP contribution in [0.4, 0.5) is 0 Å². The molecule has 0 spiro atoms. The molecule has 0 aliphatic carbocycles. The number of rotatable bonds is 8. The second kappa shape index (κ2) is 7.47. The normalized spacial score (nSPS) is 12.4. The van der Waals surface area contributed by atoms with Crippen molar-refractivity contribution in [2.24, 2.45) is 0 Å². The summed E-state index contributed by atoms with van der Waals surface area (Å²) in [5, 5.41) is 3.49. The Morgan fingerprint density at radius 1 is 1.56 bits per heavy atom. The van der Waals surface area contributed by atoms with Gasteiger partial charge in [0.15, 0.2) is 0 Å². The highest BCUT2D eigenvalue weighted by atomic mass is 32.1. The van der Waals surface area contributed by atoms with Gasteiger partial charge in [0, 0.05) is 15.8 Å². The van der Waals surface area contributed by atoms with Crippen molar-refractivity contribution < 1.29 is 4.74 Å². The maximum Gasteiger partial charge on any atom is 0.0885 e. The lowest BCUT2D eigenvalue weighted by atomic mass is 10.2. The molecule has 3 heteroatoms. The molecule has 2 nitrogen and oxygen atoms in total. The fourth-order valence-electron chi connectivity index (χ4n) is 1.48. The summed E-state index contributed by atoms with van der Waals surface area (Å²) < 4.78 is 5.07. The molecule has 1 rings (SSSR count). The summed E-state index contributed by atoms with van der Waals surface area (Å²) in [6.07, 6.45) is 3.64. The molecule has 1 heterocycles. The summed E-state index contributed by atoms with van der Waals surface area (Å²) in [5.41, 5.74) is 0. The lowest BCUT2D eigenvalue weighted by Gasteiger charge is -2.11. The maximum absolute atomic E-state index is 5.07. The average molecular weight is 239 g/mol. The number of ether oxygens (including phenoxy) is 1. The molecule has 0 bridgehead atoms. The third-order valence-corrected chi connectivity index (χ3v) is 3.88. The monoisotopic (exact) mass is 239 g/mol. The third kappa shape index (κ3) is 4.37. The average Bonchev–Trinajstić information content (AvgIpc) is 2.77. The Labute approximate surface area is 102 Å². The first kappa shape index (κ1) is 13.3. The number of hydrogen-bond acceptors (Lipinski definition) is 3. The van der Waals surface area contributed by atoms with Crippen molar-refractivity contribution in [1.82, 2.24) is 5.32 Å². The summed E-state index contributed by atoms with van der Waals surface area (Å²) in [5.74, 6) is 0. The van der Waals surface area contributed by atoms with Crippen LogP contribution in [0.1, 0.15) is 36.1 Å². The van der Waals surface area contributed by atoms with Crippen LogP contribution in [0.5, 0.6) is 0 Å². The van der Waals surface area contributed by atoms with E-state index in [1.165, 1.54) is 16.0 Å². The molecule has 16 heavy (non-hydrogen) atoms. The first-order valence-corrected chi connectivity index (χ1v) is 6.64. The van der Waals surface area contributed by atoms with E-state index in [4.69, 9.17) is 4.74 Å². The first-order valence-electron chi connectivity index (χ1n) is 5.82. The minimum absolute atomic E-state index is 0.439. The van der Waals surface area contributed by atoms with Gasteiger partial charge in [0.05, 0.1) is 12.9 Å². The molecule has 1 aromatic heterocycles. The molecule has 0 aliphatic rings. The highest BCUT2D eigenvalue weighted by Gasteiger charge is 2.06. The minimum Gasteiger partial charge on any atom is -0.502 e. The first-order chi connectivity index (χ1) is 7.77. The van der Waals surface area contributed by atoms with Crippen LogP contribution in [0.3, 0.4) is 0 Å². The highest BCUT2D eigenvalue weighted by molar-refractivity contribution is 7.12. The zero-order valence-corrected chi connectivity index (χ0v) is 11.0. The molecule has 1 aromatic rings. The zero-order chi connectivity index (χ0) is 11.8. The molecule has 1 N–H and O–H groups in total. The fraction of sp³-hybridized carbons (Fsp3) is 0.538. The van der Waals surface area contributed by atoms with E-state index in [1.807, 2.05) is 11.3 Å². The molecule has 0 aromatic carbocycles. The Morgan fingerprint density at radius 3 is 3.00 bits per heavy atom. The third-order valence-electron chi connectivity index (χ3n) is 2.47. The van der Waals surface area contributed by atoms with Gasteiger partial charge < -0.3 is 10.1 Å². The molecular formula is C13H21NOS. The van der Waals surface area contributed by atoms with Gasteiger partial charge >= 0.3 is 0 Å². The van der Waals surface area contributed by atoms with Gasteiger partial charge in [-0.15, -0.1) is 11.3 Å². The predicted molar refractivity (Wildman–Crippen MR) is 70.9 cm³/mol. The smallest absolute Gasteiger partial charge is 0.0885 e. The Balaban J connectivity index is 2.23. The van der Waals surface area contributed by atoms with Crippen molar-refractivity contribution in [2.75, 3.05) is 13.2 Å². The Morgan fingerprint density at radius 2 is 2.38 bits per heavy atom. The second-order valence-corrected chi connectivity index (χ2v) is 4.92. The van der Waals surface area contributed by atoms with Crippen molar-refractivity contribution in [3.8, 4) is 0 Å². The van der Waals surface area contributed by atoms with Gasteiger partial charge in [-0.1, -0.05) is 13.5 Å². The molecule has 0 saturated carbocycles. The van der Waals surface area contributed by atoms with Gasteiger partial charge in [-0.05, 0) is 38.4 Å². The molecule has 90 valence electrons. The largest absolute Gasteiger partial charge is 0.502 e. The summed E-state index contributed by atoms with van der Waals surface area (Å²) in [4.78, 5) is 2.88. The van der Waals surface area contributed by atoms with Crippen molar-refractivity contribution in [3.05, 3.63) is 34.7 Å². The van der Waals surface area contributed by atoms with Crippen LogP contribution >= 0.6 is 11.3 Å². The van der Waals surface area contributed by atoms with E-state index in [0.29, 0.717) is 6.04 Å². The summed E-state index contributed by atoms with van der Waals surface area (Å²) in [7, 11) is 0. The van der Waals surface area contributed by atoms with Crippen molar-refractivity contribution in [3.63, 3.8) is 0 Å². The van der Waals surface area contributed by atoms with Crippen molar-refractivity contribution in [2.45, 2.75) is 32.7 Å². The maximum atomic E-state index is 5.07. The number of aryl methyl sites for hydroxylation is 1. The number of hydrogen-bond donors (Lipinski definition) is 1. The van der Waals surface area contributed by atoms with Gasteiger partial charge in [-0.2, -0.15) is 0 Å². The van der Waals surface area contributed by atoms with E-state index >= 15 is 0 Å². The van der Waals surface area contributed by atoms with Gasteiger partial charge in [0.2, 0.25) is 0 Å². The molecule has 1 atom stereocenters. The lowest BCUT2D eigenvalue weighted by molar-refractivity contribution is 0.243. The van der Waals surface area contributed by atoms with E-state index in [0.717, 1.165) is 26.0 Å². The Bertz CT molecular complexity index is 309. The summed E-state index contributed by atoms with van der Waals surface area (Å²) >= 11 is 1.90. The second-order valence-electron chi connectivity index (χ2n) is 3.72. The minimum atomic E-state index is 0.439. The van der Waals surface area contributed by atoms with Crippen LogP contribution in [-0.2, 0) is 11.2 Å². The topological polar surface area (TPSA) is 21.3 Å². The van der Waals surface area contributed by atoms with E-state index in [-0.39, 0.29) is 0 Å². The lowest BCUT2D eigenvalue weighted by Crippen LogP contribution is -2.19. The van der Waals surface area contributed by atoms with Gasteiger partial charge in [0.1, 0.15) is 0 Å². The van der Waals surface area contributed by atoms with E-state index in [9.17, 15) is 0 Å². The zero-order valence-electron chi connectivity index (χ0n) is 10.2. The molecule has 0 aliphatic heterocycles. The highest BCUT2D eigenvalue weighted by Crippen LogP contribution is 2.23. The van der Waals surface area contributed by atoms with E-state index in [1.54, 1.807) is 0 Å². The van der Waals surface area contributed by atoms with Gasteiger partial charge in [0.25, 0.3) is 0 Å². The van der Waals surface area contributed by atoms with Crippen molar-refractivity contribution >= 4 is 11.3 Å². The quantitative estimate of drug-likeness (QED) is 0.553. The fourth-order valence-corrected chi connectivity index (χ4v) is 2.45. The Hall–Kier alpha value is -0.800. The van der Waals surface area contributed by atoms with E-state index < -0.39 is 0 Å². The van der Waals surface area contributed by atoms with Crippen LogP contribution in [0.25, 0.3) is 0 Å². The van der Waals surface area contributed by atoms with Gasteiger partial charge in [-0.3, -0.25) is 0 Å². The van der Waals surface area contributed by atoms with Gasteiger partial charge in [-0.25, -0.2) is 0 Å². The summed E-state index contributed by atoms with van der Waals surface area (Å²) in [6, 6.07) is 4.88. The number of thiophene rings is 1. The van der Waals surface area contributed by atoms with Crippen LogP contribution in [0.2, 0.25) is 0 Å². The molecule has 0 radical (unpaired) electrons.